The number of nitriles is 1. The van der Waals surface area contributed by atoms with Crippen molar-refractivity contribution in [1.82, 2.24) is 20.1 Å². The summed E-state index contributed by atoms with van der Waals surface area (Å²) in [7, 11) is 1.82. The molecule has 0 aliphatic carbocycles. The zero-order valence-electron chi connectivity index (χ0n) is 11.8. The smallest absolute Gasteiger partial charge is 0.183 e. The van der Waals surface area contributed by atoms with Crippen LogP contribution in [0, 0.1) is 11.3 Å². The predicted molar refractivity (Wildman–Crippen MR) is 78.6 cm³/mol. The van der Waals surface area contributed by atoms with Crippen molar-refractivity contribution in [3.8, 4) is 17.3 Å². The van der Waals surface area contributed by atoms with Crippen LogP contribution in [0.4, 0.5) is 5.82 Å². The fourth-order valence-electron chi connectivity index (χ4n) is 2.04. The van der Waals surface area contributed by atoms with Crippen LogP contribution in [0.3, 0.4) is 0 Å². The zero-order valence-corrected chi connectivity index (χ0v) is 11.8. The zero-order chi connectivity index (χ0) is 15.4. The number of hydrogen-bond donors (Lipinski definition) is 0. The van der Waals surface area contributed by atoms with E-state index in [9.17, 15) is 0 Å². The molecule has 3 aromatic heterocycles. The molecular formula is C15H12N6O. The third-order valence-electron chi connectivity index (χ3n) is 3.07. The number of nitrogens with zero attached hydrogens (tertiary/aromatic N) is 6. The molecule has 0 spiro atoms. The molecule has 0 saturated carbocycles. The molecule has 3 rings (SSSR count). The van der Waals surface area contributed by atoms with E-state index in [1.165, 1.54) is 6.20 Å². The maximum atomic E-state index is 9.07. The van der Waals surface area contributed by atoms with Gasteiger partial charge in [0.15, 0.2) is 17.3 Å². The van der Waals surface area contributed by atoms with Crippen LogP contribution in [0.1, 0.15) is 11.5 Å². The first-order chi connectivity index (χ1) is 10.8. The Bertz CT molecular complexity index is 808. The number of rotatable bonds is 4. The van der Waals surface area contributed by atoms with Gasteiger partial charge < -0.3 is 9.42 Å². The number of anilines is 1. The summed E-state index contributed by atoms with van der Waals surface area (Å²) < 4.78 is 5.34. The average Bonchev–Trinajstić information content (AvgIpc) is 3.04. The van der Waals surface area contributed by atoms with Gasteiger partial charge in [-0.3, -0.25) is 4.98 Å². The van der Waals surface area contributed by atoms with E-state index < -0.39 is 0 Å². The predicted octanol–water partition coefficient (Wildman–Crippen LogP) is 2.03. The third kappa shape index (κ3) is 2.76. The van der Waals surface area contributed by atoms with Gasteiger partial charge in [-0.15, -0.1) is 0 Å². The van der Waals surface area contributed by atoms with Gasteiger partial charge >= 0.3 is 0 Å². The normalized spacial score (nSPS) is 10.2. The molecule has 0 fully saturated rings. The van der Waals surface area contributed by atoms with E-state index in [4.69, 9.17) is 9.78 Å². The highest BCUT2D eigenvalue weighted by Crippen LogP contribution is 2.20. The van der Waals surface area contributed by atoms with Crippen molar-refractivity contribution in [2.24, 2.45) is 0 Å². The molecule has 7 heteroatoms. The van der Waals surface area contributed by atoms with Crippen molar-refractivity contribution < 1.29 is 4.52 Å². The van der Waals surface area contributed by atoms with E-state index in [0.717, 1.165) is 11.3 Å². The Morgan fingerprint density at radius 2 is 1.95 bits per heavy atom. The van der Waals surface area contributed by atoms with Crippen molar-refractivity contribution in [3.63, 3.8) is 0 Å². The molecule has 0 amide bonds. The van der Waals surface area contributed by atoms with E-state index in [-0.39, 0.29) is 5.69 Å². The summed E-state index contributed by atoms with van der Waals surface area (Å²) in [5, 5.41) is 13.1. The summed E-state index contributed by atoms with van der Waals surface area (Å²) in [5.74, 6) is 1.18. The number of hydrogen-bond acceptors (Lipinski definition) is 7. The van der Waals surface area contributed by atoms with Gasteiger partial charge in [0.2, 0.25) is 0 Å². The molecule has 3 aromatic rings. The molecule has 108 valence electrons. The maximum Gasteiger partial charge on any atom is 0.183 e. The molecular weight excluding hydrogens is 280 g/mol. The average molecular weight is 292 g/mol. The van der Waals surface area contributed by atoms with Crippen molar-refractivity contribution in [1.29, 1.82) is 5.26 Å². The van der Waals surface area contributed by atoms with Gasteiger partial charge in [0.1, 0.15) is 11.8 Å². The Morgan fingerprint density at radius 3 is 2.73 bits per heavy atom. The lowest BCUT2D eigenvalue weighted by Gasteiger charge is -2.16. The summed E-state index contributed by atoms with van der Waals surface area (Å²) in [6.45, 7) is 0.436. The molecule has 0 radical (unpaired) electrons. The molecule has 0 aromatic carbocycles. The first-order valence-electron chi connectivity index (χ1n) is 6.56. The second kappa shape index (κ2) is 6.01. The van der Waals surface area contributed by atoms with Gasteiger partial charge in [-0.2, -0.15) is 5.26 Å². The van der Waals surface area contributed by atoms with Gasteiger partial charge in [0, 0.05) is 43.5 Å². The fraction of sp³-hybridized carbons (Fsp3) is 0.133. The topological polar surface area (TPSA) is 91.7 Å². The second-order valence-electron chi connectivity index (χ2n) is 4.61. The van der Waals surface area contributed by atoms with Gasteiger partial charge in [-0.05, 0) is 12.1 Å². The molecule has 22 heavy (non-hydrogen) atoms. The molecule has 3 heterocycles. The third-order valence-corrected chi connectivity index (χ3v) is 3.07. The summed E-state index contributed by atoms with van der Waals surface area (Å²) in [6, 6.07) is 7.61. The molecule has 0 atom stereocenters. The minimum atomic E-state index is 0.277. The number of aromatic nitrogens is 4. The maximum absolute atomic E-state index is 9.07. The van der Waals surface area contributed by atoms with Gasteiger partial charge in [-0.25, -0.2) is 9.97 Å². The molecule has 0 unspecified atom stereocenters. The Morgan fingerprint density at radius 1 is 1.18 bits per heavy atom. The highest BCUT2D eigenvalue weighted by molar-refractivity contribution is 5.58. The van der Waals surface area contributed by atoms with Crippen LogP contribution in [0.15, 0.2) is 47.5 Å². The minimum Gasteiger partial charge on any atom is -0.359 e. The lowest BCUT2D eigenvalue weighted by atomic mass is 10.2. The van der Waals surface area contributed by atoms with E-state index in [2.05, 4.69) is 20.1 Å². The van der Waals surface area contributed by atoms with E-state index in [1.54, 1.807) is 23.5 Å². The Hall–Kier alpha value is -3.27. The van der Waals surface area contributed by atoms with Crippen LogP contribution < -0.4 is 4.90 Å². The Kier molecular flexibility index (Phi) is 3.74. The van der Waals surface area contributed by atoms with Crippen molar-refractivity contribution >= 4 is 5.82 Å². The first-order valence-corrected chi connectivity index (χ1v) is 6.56. The molecule has 7 nitrogen and oxygen atoms in total. The van der Waals surface area contributed by atoms with Crippen LogP contribution >= 0.6 is 0 Å². The quantitative estimate of drug-likeness (QED) is 0.726. The van der Waals surface area contributed by atoms with E-state index in [0.29, 0.717) is 18.1 Å². The first kappa shape index (κ1) is 13.7. The van der Waals surface area contributed by atoms with Gasteiger partial charge in [0.25, 0.3) is 0 Å². The molecule has 0 aliphatic rings. The van der Waals surface area contributed by atoms with Crippen LogP contribution in [0.2, 0.25) is 0 Å². The molecule has 0 N–H and O–H groups in total. The van der Waals surface area contributed by atoms with Crippen LogP contribution in [-0.2, 0) is 6.54 Å². The van der Waals surface area contributed by atoms with Crippen LogP contribution in [0.5, 0.6) is 0 Å². The van der Waals surface area contributed by atoms with Gasteiger partial charge in [-0.1, -0.05) is 5.16 Å². The SMILES string of the molecule is CN(Cc1cc(-c2ccncc2)no1)c1nccnc1C#N. The largest absolute Gasteiger partial charge is 0.359 e. The standard InChI is InChI=1S/C15H12N6O/c1-21(15-14(9-16)18-6-7-19-15)10-12-8-13(20-22-12)11-2-4-17-5-3-11/h2-8H,10H2,1H3. The minimum absolute atomic E-state index is 0.277. The van der Waals surface area contributed by atoms with Crippen LogP contribution in [-0.4, -0.2) is 27.2 Å². The van der Waals surface area contributed by atoms with Crippen molar-refractivity contribution in [2.45, 2.75) is 6.54 Å². The molecule has 0 aliphatic heterocycles. The second-order valence-corrected chi connectivity index (χ2v) is 4.61. The van der Waals surface area contributed by atoms with E-state index >= 15 is 0 Å². The fourth-order valence-corrected chi connectivity index (χ4v) is 2.04. The monoisotopic (exact) mass is 292 g/mol. The summed E-state index contributed by atoms with van der Waals surface area (Å²) in [5.41, 5.74) is 1.95. The van der Waals surface area contributed by atoms with Crippen LogP contribution in [0.25, 0.3) is 11.3 Å². The number of pyridine rings is 1. The van der Waals surface area contributed by atoms with Gasteiger partial charge in [0.05, 0.1) is 6.54 Å². The van der Waals surface area contributed by atoms with E-state index in [1.807, 2.05) is 31.3 Å². The lowest BCUT2D eigenvalue weighted by molar-refractivity contribution is 0.384. The highest BCUT2D eigenvalue weighted by atomic mass is 16.5. The summed E-state index contributed by atoms with van der Waals surface area (Å²) in [4.78, 5) is 13.9. The summed E-state index contributed by atoms with van der Waals surface area (Å²) in [6.07, 6.45) is 6.45. The summed E-state index contributed by atoms with van der Waals surface area (Å²) >= 11 is 0. The highest BCUT2D eigenvalue weighted by Gasteiger charge is 2.13. The molecule has 0 bridgehead atoms. The Labute approximate surface area is 126 Å². The Balaban J connectivity index is 1.79. The molecule has 0 saturated heterocycles. The van der Waals surface area contributed by atoms with Crippen molar-refractivity contribution in [2.75, 3.05) is 11.9 Å². The van der Waals surface area contributed by atoms with Crippen molar-refractivity contribution in [3.05, 3.63) is 54.4 Å². The lowest BCUT2D eigenvalue weighted by Crippen LogP contribution is -2.19.